The third-order valence-corrected chi connectivity index (χ3v) is 2.66. The molecule has 0 atom stereocenters. The molecular formula is C14H12N+. The van der Waals surface area contributed by atoms with Crippen LogP contribution in [0.3, 0.4) is 0 Å². The second-order valence-corrected chi connectivity index (χ2v) is 3.65. The molecule has 1 aromatic heterocycles. The molecule has 0 aliphatic rings. The topological polar surface area (TPSA) is 15.8 Å². The molecule has 0 aliphatic heterocycles. The van der Waals surface area contributed by atoms with Crippen LogP contribution in [0.15, 0.2) is 60.8 Å². The molecule has 1 nitrogen and oxygen atoms in total. The Balaban J connectivity index is 0.000000963. The molecule has 0 bridgehead atoms. The zero-order chi connectivity index (χ0) is 10.1. The van der Waals surface area contributed by atoms with Crippen LogP contribution >= 0.6 is 0 Å². The highest BCUT2D eigenvalue weighted by molar-refractivity contribution is 5.84. The maximum Gasteiger partial charge on any atom is 1.00 e. The molecule has 15 heavy (non-hydrogen) atoms. The minimum atomic E-state index is 0. The third kappa shape index (κ3) is 1.42. The first kappa shape index (κ1) is 8.30. The van der Waals surface area contributed by atoms with E-state index in [1.165, 1.54) is 22.0 Å². The fourth-order valence-electron chi connectivity index (χ4n) is 1.86. The first-order valence-electron chi connectivity index (χ1n) is 5.06. The van der Waals surface area contributed by atoms with Gasteiger partial charge in [-0.25, -0.2) is 0 Å². The summed E-state index contributed by atoms with van der Waals surface area (Å²) in [6, 6.07) is 19.0. The molecule has 0 radical (unpaired) electrons. The Hall–Kier alpha value is -2.02. The molecule has 1 N–H and O–H groups in total. The normalized spacial score (nSPS) is 10.7. The van der Waals surface area contributed by atoms with E-state index in [2.05, 4.69) is 53.5 Å². The second-order valence-electron chi connectivity index (χ2n) is 3.65. The van der Waals surface area contributed by atoms with Crippen molar-refractivity contribution >= 4 is 10.9 Å². The molecule has 3 rings (SSSR count). The zero-order valence-electron chi connectivity index (χ0n) is 9.27. The van der Waals surface area contributed by atoms with Crippen LogP contribution in [-0.2, 0) is 0 Å². The van der Waals surface area contributed by atoms with E-state index in [-0.39, 0.29) is 1.43 Å². The number of nitrogens with one attached hydrogen (secondary N) is 1. The van der Waals surface area contributed by atoms with Crippen LogP contribution in [0.1, 0.15) is 1.43 Å². The molecule has 0 fully saturated rings. The summed E-state index contributed by atoms with van der Waals surface area (Å²) in [4.78, 5) is 3.20. The number of benzene rings is 2. The SMILES string of the molecule is [H+].c1ccc(-c2ccc3[nH]ccc3c2)cc1. The van der Waals surface area contributed by atoms with Gasteiger partial charge in [0, 0.05) is 11.7 Å². The highest BCUT2D eigenvalue weighted by Gasteiger charge is 1.98. The van der Waals surface area contributed by atoms with E-state index >= 15 is 0 Å². The van der Waals surface area contributed by atoms with Gasteiger partial charge < -0.3 is 4.98 Å². The summed E-state index contributed by atoms with van der Waals surface area (Å²) in [6.45, 7) is 0. The van der Waals surface area contributed by atoms with Crippen molar-refractivity contribution in [2.45, 2.75) is 0 Å². The molecule has 0 aliphatic carbocycles. The summed E-state index contributed by atoms with van der Waals surface area (Å²) in [6.07, 6.45) is 1.97. The smallest absolute Gasteiger partial charge is 0.361 e. The maximum absolute atomic E-state index is 3.20. The van der Waals surface area contributed by atoms with Crippen molar-refractivity contribution in [1.29, 1.82) is 0 Å². The van der Waals surface area contributed by atoms with E-state index in [4.69, 9.17) is 0 Å². The summed E-state index contributed by atoms with van der Waals surface area (Å²) in [7, 11) is 0. The minimum absolute atomic E-state index is 0. The van der Waals surface area contributed by atoms with Gasteiger partial charge in [-0.1, -0.05) is 36.4 Å². The Labute approximate surface area is 89.9 Å². The van der Waals surface area contributed by atoms with Crippen molar-refractivity contribution < 1.29 is 1.43 Å². The molecule has 3 aromatic rings. The van der Waals surface area contributed by atoms with Crippen molar-refractivity contribution in [3.05, 3.63) is 60.8 Å². The van der Waals surface area contributed by atoms with Gasteiger partial charge in [-0.15, -0.1) is 0 Å². The van der Waals surface area contributed by atoms with Crippen LogP contribution in [0.5, 0.6) is 0 Å². The van der Waals surface area contributed by atoms with Gasteiger partial charge in [0.1, 0.15) is 0 Å². The maximum atomic E-state index is 3.20. The highest BCUT2D eigenvalue weighted by Crippen LogP contribution is 2.23. The Morgan fingerprint density at radius 1 is 0.800 bits per heavy atom. The van der Waals surface area contributed by atoms with Gasteiger partial charge >= 0.3 is 1.43 Å². The Morgan fingerprint density at radius 2 is 1.67 bits per heavy atom. The number of aromatic nitrogens is 1. The van der Waals surface area contributed by atoms with E-state index in [9.17, 15) is 0 Å². The van der Waals surface area contributed by atoms with Gasteiger partial charge in [-0.2, -0.15) is 0 Å². The largest absolute Gasteiger partial charge is 1.00 e. The molecule has 0 unspecified atom stereocenters. The van der Waals surface area contributed by atoms with Gasteiger partial charge in [0.15, 0.2) is 0 Å². The van der Waals surface area contributed by atoms with Gasteiger partial charge in [-0.3, -0.25) is 0 Å². The molecule has 1 heteroatoms. The standard InChI is InChI=1S/C14H11N/c1-2-4-11(5-3-1)12-6-7-14-13(10-12)8-9-15-14/h1-10,15H/p+1. The quantitative estimate of drug-likeness (QED) is 0.603. The average molecular weight is 194 g/mol. The molecule has 1 heterocycles. The first-order chi connectivity index (χ1) is 7.43. The molecule has 0 spiro atoms. The predicted molar refractivity (Wildman–Crippen MR) is 64.8 cm³/mol. The lowest BCUT2D eigenvalue weighted by Gasteiger charge is -2.00. The lowest BCUT2D eigenvalue weighted by Crippen LogP contribution is -1.76. The van der Waals surface area contributed by atoms with Crippen molar-refractivity contribution in [3.63, 3.8) is 0 Å². The first-order valence-corrected chi connectivity index (χ1v) is 5.06. The minimum Gasteiger partial charge on any atom is -0.361 e. The third-order valence-electron chi connectivity index (χ3n) is 2.66. The molecule has 72 valence electrons. The average Bonchev–Trinajstić information content (AvgIpc) is 2.77. The van der Waals surface area contributed by atoms with Crippen LogP contribution < -0.4 is 0 Å². The van der Waals surface area contributed by atoms with E-state index in [0.717, 1.165) is 0 Å². The van der Waals surface area contributed by atoms with E-state index in [1.807, 2.05) is 12.3 Å². The fraction of sp³-hybridized carbons (Fsp3) is 0. The van der Waals surface area contributed by atoms with Crippen LogP contribution in [0.25, 0.3) is 22.0 Å². The number of aromatic amines is 1. The van der Waals surface area contributed by atoms with Crippen LogP contribution in [0.2, 0.25) is 0 Å². The number of hydrogen-bond acceptors (Lipinski definition) is 0. The molecule has 0 saturated heterocycles. The van der Waals surface area contributed by atoms with Crippen molar-refractivity contribution in [2.75, 3.05) is 0 Å². The summed E-state index contributed by atoms with van der Waals surface area (Å²) >= 11 is 0. The van der Waals surface area contributed by atoms with Crippen molar-refractivity contribution in [2.24, 2.45) is 0 Å². The molecule has 2 aromatic carbocycles. The van der Waals surface area contributed by atoms with Gasteiger partial charge in [0.25, 0.3) is 0 Å². The summed E-state index contributed by atoms with van der Waals surface area (Å²) in [5.74, 6) is 0. The van der Waals surface area contributed by atoms with Crippen LogP contribution in [-0.4, -0.2) is 4.98 Å². The van der Waals surface area contributed by atoms with E-state index in [1.54, 1.807) is 0 Å². The Bertz CT molecular complexity index is 584. The summed E-state index contributed by atoms with van der Waals surface area (Å²) < 4.78 is 0. The van der Waals surface area contributed by atoms with Crippen LogP contribution in [0.4, 0.5) is 0 Å². The highest BCUT2D eigenvalue weighted by atomic mass is 14.7. The monoisotopic (exact) mass is 194 g/mol. The number of fused-ring (bicyclic) bond motifs is 1. The molecular weight excluding hydrogens is 182 g/mol. The second kappa shape index (κ2) is 3.28. The number of rotatable bonds is 1. The molecule has 0 saturated carbocycles. The predicted octanol–water partition coefficient (Wildman–Crippen LogP) is 3.95. The van der Waals surface area contributed by atoms with Crippen molar-refractivity contribution in [3.8, 4) is 11.1 Å². The van der Waals surface area contributed by atoms with Crippen LogP contribution in [0, 0.1) is 0 Å². The van der Waals surface area contributed by atoms with Gasteiger partial charge in [0.2, 0.25) is 0 Å². The van der Waals surface area contributed by atoms with Gasteiger partial charge in [-0.05, 0) is 34.7 Å². The van der Waals surface area contributed by atoms with E-state index in [0.29, 0.717) is 0 Å². The fourth-order valence-corrected chi connectivity index (χ4v) is 1.86. The summed E-state index contributed by atoms with van der Waals surface area (Å²) in [5, 5.41) is 1.26. The number of H-pyrrole nitrogens is 1. The lowest BCUT2D eigenvalue weighted by molar-refractivity contribution is 1.48. The summed E-state index contributed by atoms with van der Waals surface area (Å²) in [5.41, 5.74) is 3.72. The lowest BCUT2D eigenvalue weighted by atomic mass is 10.0. The van der Waals surface area contributed by atoms with E-state index < -0.39 is 0 Å². The number of hydrogen-bond donors (Lipinski definition) is 1. The Morgan fingerprint density at radius 3 is 2.53 bits per heavy atom. The van der Waals surface area contributed by atoms with Gasteiger partial charge in [0.05, 0.1) is 0 Å². The Kier molecular flexibility index (Phi) is 1.82. The van der Waals surface area contributed by atoms with Crippen molar-refractivity contribution in [1.82, 2.24) is 4.98 Å². The zero-order valence-corrected chi connectivity index (χ0v) is 8.27. The molecule has 0 amide bonds.